The molecule has 1 aromatic rings. The third-order valence-electron chi connectivity index (χ3n) is 4.33. The van der Waals surface area contributed by atoms with Gasteiger partial charge in [0, 0.05) is 39.3 Å². The first-order valence-corrected chi connectivity index (χ1v) is 8.49. The average molecular weight is 465 g/mol. The summed E-state index contributed by atoms with van der Waals surface area (Å²) in [5, 5.41) is 23.9. The SMILES string of the molecule is O.O.O.O.[Cu+2].[O-]C1=NCCN2CCC([O-])=NCCN(CC1)Cc1cccc(n1)C2. The maximum atomic E-state index is 11.9. The van der Waals surface area contributed by atoms with E-state index < -0.39 is 0 Å². The Balaban J connectivity index is -0.00000135. The molecule has 8 N–H and O–H groups in total. The summed E-state index contributed by atoms with van der Waals surface area (Å²) in [7, 11) is 0. The number of fused-ring (bicyclic) bond motifs is 2. The van der Waals surface area contributed by atoms with Crippen LogP contribution in [0, 0.1) is 0 Å². The van der Waals surface area contributed by atoms with Crippen molar-refractivity contribution in [3.05, 3.63) is 29.6 Å². The fourth-order valence-corrected chi connectivity index (χ4v) is 3.00. The molecule has 171 valence electrons. The van der Waals surface area contributed by atoms with Crippen LogP contribution in [-0.4, -0.2) is 87.8 Å². The zero-order chi connectivity index (χ0) is 16.8. The third-order valence-corrected chi connectivity index (χ3v) is 4.33. The van der Waals surface area contributed by atoms with Crippen LogP contribution in [0.1, 0.15) is 24.2 Å². The Morgan fingerprint density at radius 3 is 1.52 bits per heavy atom. The van der Waals surface area contributed by atoms with E-state index in [-0.39, 0.29) is 50.8 Å². The number of hydrogen-bond donors (Lipinski definition) is 0. The molecule has 0 aromatic carbocycles. The predicted molar refractivity (Wildman–Crippen MR) is 103 cm³/mol. The molecule has 0 aliphatic carbocycles. The Hall–Kier alpha value is -1.63. The number of rotatable bonds is 0. The van der Waals surface area contributed by atoms with E-state index in [4.69, 9.17) is 4.98 Å². The molecule has 3 heterocycles. The van der Waals surface area contributed by atoms with Gasteiger partial charge in [-0.15, -0.1) is 0 Å². The second kappa shape index (κ2) is 16.2. The molecule has 2 aliphatic rings. The maximum absolute atomic E-state index is 11.9. The summed E-state index contributed by atoms with van der Waals surface area (Å²) in [4.78, 5) is 17.3. The molecule has 12 heteroatoms. The fourth-order valence-electron chi connectivity index (χ4n) is 3.00. The Bertz CT molecular complexity index is 585. The number of aliphatic imine (C=N–C) groups is 2. The second-order valence-electron chi connectivity index (χ2n) is 6.22. The molecule has 2 aliphatic heterocycles. The van der Waals surface area contributed by atoms with E-state index in [2.05, 4.69) is 19.8 Å². The van der Waals surface area contributed by atoms with E-state index in [1.54, 1.807) is 0 Å². The molecule has 1 aromatic heterocycles. The molecule has 0 amide bonds. The summed E-state index contributed by atoms with van der Waals surface area (Å²) in [5.74, 6) is -0.104. The van der Waals surface area contributed by atoms with Crippen LogP contribution >= 0.6 is 0 Å². The van der Waals surface area contributed by atoms with Gasteiger partial charge >= 0.3 is 17.1 Å². The molecule has 2 atom stereocenters. The Morgan fingerprint density at radius 2 is 1.10 bits per heavy atom. The molecule has 11 nitrogen and oxygen atoms in total. The quantitative estimate of drug-likeness (QED) is 0.347. The van der Waals surface area contributed by atoms with E-state index in [1.807, 2.05) is 18.2 Å². The summed E-state index contributed by atoms with van der Waals surface area (Å²) >= 11 is 0. The molecule has 0 saturated heterocycles. The first-order chi connectivity index (χ1) is 11.7. The van der Waals surface area contributed by atoms with E-state index in [0.717, 1.165) is 11.4 Å². The second-order valence-corrected chi connectivity index (χ2v) is 6.22. The third kappa shape index (κ3) is 10.6. The number of hydrogen-bond acceptors (Lipinski definition) is 7. The van der Waals surface area contributed by atoms with E-state index in [9.17, 15) is 10.2 Å². The van der Waals surface area contributed by atoms with Gasteiger partial charge in [-0.05, 0) is 36.8 Å². The van der Waals surface area contributed by atoms with Gasteiger partial charge in [0.05, 0.1) is 24.5 Å². The first kappa shape index (κ1) is 32.0. The van der Waals surface area contributed by atoms with Crippen LogP contribution in [0.5, 0.6) is 0 Å². The van der Waals surface area contributed by atoms with Crippen LogP contribution in [0.4, 0.5) is 0 Å². The number of pyridine rings is 1. The summed E-state index contributed by atoms with van der Waals surface area (Å²) in [5.41, 5.74) is 1.98. The van der Waals surface area contributed by atoms with Crippen molar-refractivity contribution in [2.75, 3.05) is 39.3 Å². The van der Waals surface area contributed by atoms with Crippen molar-refractivity contribution in [2.24, 2.45) is 9.98 Å². The summed E-state index contributed by atoms with van der Waals surface area (Å²) in [6.07, 6.45) is 0.793. The molecule has 3 rings (SSSR count). The monoisotopic (exact) mass is 464 g/mol. The Morgan fingerprint density at radius 1 is 0.690 bits per heavy atom. The van der Waals surface area contributed by atoms with Gasteiger partial charge in [0.15, 0.2) is 0 Å². The van der Waals surface area contributed by atoms with Gasteiger partial charge in [0.2, 0.25) is 0 Å². The van der Waals surface area contributed by atoms with Crippen LogP contribution in [0.25, 0.3) is 0 Å². The number of aromatic nitrogens is 1. The van der Waals surface area contributed by atoms with Crippen molar-refractivity contribution in [1.29, 1.82) is 0 Å². The van der Waals surface area contributed by atoms with Crippen molar-refractivity contribution in [3.8, 4) is 0 Å². The zero-order valence-corrected chi connectivity index (χ0v) is 17.1. The molecular weight excluding hydrogens is 434 g/mol. The molecule has 2 unspecified atom stereocenters. The molecule has 0 spiro atoms. The molecule has 29 heavy (non-hydrogen) atoms. The molecular formula is C17H31CuN5O6. The van der Waals surface area contributed by atoms with Gasteiger partial charge in [-0.2, -0.15) is 0 Å². The van der Waals surface area contributed by atoms with Crippen LogP contribution < -0.4 is 10.2 Å². The molecule has 0 fully saturated rings. The smallest absolute Gasteiger partial charge is 0.862 e. The first-order valence-electron chi connectivity index (χ1n) is 8.49. The fraction of sp³-hybridized carbons (Fsp3) is 0.588. The molecule has 1 radical (unpaired) electrons. The van der Waals surface area contributed by atoms with Crippen molar-refractivity contribution in [2.45, 2.75) is 25.9 Å². The van der Waals surface area contributed by atoms with Gasteiger partial charge in [-0.1, -0.05) is 6.07 Å². The number of nitrogens with zero attached hydrogens (tertiary/aromatic N) is 5. The van der Waals surface area contributed by atoms with Crippen LogP contribution in [-0.2, 0) is 30.2 Å². The van der Waals surface area contributed by atoms with Crippen LogP contribution in [0.2, 0.25) is 0 Å². The topological polar surface area (TPSA) is 216 Å². The van der Waals surface area contributed by atoms with Gasteiger partial charge in [-0.3, -0.25) is 14.8 Å². The standard InChI is InChI=1S/C17H25N5O2.Cu.4H2O/c23-16-4-8-21-10-6-18-17(24)5-9-22(11-7-19-16)13-15-3-1-2-14(12-21)20-15;;;;;/h1-3H,4-13H2,(H,18,24)(H,19,23);;4*1H2/q;+2;;;;/p-2. The molecule has 0 saturated carbocycles. The van der Waals surface area contributed by atoms with Gasteiger partial charge in [0.25, 0.3) is 0 Å². The minimum absolute atomic E-state index is 0. The van der Waals surface area contributed by atoms with Crippen molar-refractivity contribution in [3.63, 3.8) is 0 Å². The Kier molecular flexibility index (Phi) is 17.9. The van der Waals surface area contributed by atoms with E-state index in [0.29, 0.717) is 65.2 Å². The zero-order valence-electron chi connectivity index (χ0n) is 16.2. The Labute approximate surface area is 180 Å². The largest absolute Gasteiger partial charge is 2.00 e. The van der Waals surface area contributed by atoms with Crippen LogP contribution in [0.3, 0.4) is 0 Å². The van der Waals surface area contributed by atoms with Crippen molar-refractivity contribution < 1.29 is 49.2 Å². The summed E-state index contributed by atoms with van der Waals surface area (Å²) in [6, 6.07) is 6.04. The predicted octanol–water partition coefficient (Wildman–Crippen LogP) is -4.29. The maximum Gasteiger partial charge on any atom is 2.00 e. The van der Waals surface area contributed by atoms with E-state index in [1.165, 1.54) is 0 Å². The minimum Gasteiger partial charge on any atom is -0.862 e. The van der Waals surface area contributed by atoms with Crippen molar-refractivity contribution in [1.82, 2.24) is 14.8 Å². The summed E-state index contributed by atoms with van der Waals surface area (Å²) < 4.78 is 0. The van der Waals surface area contributed by atoms with Gasteiger partial charge in [-0.25, -0.2) is 0 Å². The average Bonchev–Trinajstić information content (AvgIpc) is 2.57. The van der Waals surface area contributed by atoms with Gasteiger partial charge in [0.1, 0.15) is 0 Å². The summed E-state index contributed by atoms with van der Waals surface area (Å²) in [6.45, 7) is 4.76. The van der Waals surface area contributed by atoms with Crippen LogP contribution in [0.15, 0.2) is 28.2 Å². The molecule has 4 bridgehead atoms. The van der Waals surface area contributed by atoms with Crippen molar-refractivity contribution >= 4 is 11.8 Å². The van der Waals surface area contributed by atoms with Gasteiger partial charge < -0.3 is 42.1 Å². The minimum atomic E-state index is -0.0519. The van der Waals surface area contributed by atoms with E-state index >= 15 is 0 Å². The normalized spacial score (nSPS) is 21.8.